The van der Waals surface area contributed by atoms with Gasteiger partial charge in [0, 0.05) is 11.4 Å². The van der Waals surface area contributed by atoms with Crippen LogP contribution in [0.3, 0.4) is 0 Å². The zero-order valence-electron chi connectivity index (χ0n) is 13.9. The summed E-state index contributed by atoms with van der Waals surface area (Å²) in [5.41, 5.74) is 8.86. The normalized spacial score (nSPS) is 10.6. The molecule has 0 aliphatic heterocycles. The lowest BCUT2D eigenvalue weighted by atomic mass is 10.2. The zero-order valence-corrected chi connectivity index (χ0v) is 14.6. The van der Waals surface area contributed by atoms with Crippen molar-refractivity contribution in [2.75, 3.05) is 13.2 Å². The van der Waals surface area contributed by atoms with Crippen LogP contribution in [0, 0.1) is 6.92 Å². The van der Waals surface area contributed by atoms with Gasteiger partial charge in [-0.05, 0) is 60.5 Å². The van der Waals surface area contributed by atoms with Crippen molar-refractivity contribution in [3.63, 3.8) is 0 Å². The molecule has 0 radical (unpaired) electrons. The molecule has 0 bridgehead atoms. The maximum atomic E-state index is 10.5. The maximum Gasteiger partial charge on any atom is 0.332 e. The van der Waals surface area contributed by atoms with E-state index in [1.165, 1.54) is 6.21 Å². The molecule has 0 saturated heterocycles. The number of halogens is 1. The minimum Gasteiger partial charge on any atom is -0.493 e. The predicted octanol–water partition coefficient (Wildman–Crippen LogP) is 3.50. The number of aryl methyl sites for hydroxylation is 1. The van der Waals surface area contributed by atoms with Gasteiger partial charge in [-0.3, -0.25) is 0 Å². The number of carbonyl (C=O) groups excluding carboxylic acids is 1. The number of hydrogen-bond acceptors (Lipinski definition) is 4. The molecule has 6 nitrogen and oxygen atoms in total. The van der Waals surface area contributed by atoms with E-state index in [0.717, 1.165) is 34.1 Å². The van der Waals surface area contributed by atoms with E-state index >= 15 is 0 Å². The van der Waals surface area contributed by atoms with E-state index in [9.17, 15) is 4.79 Å². The Hall–Kier alpha value is -2.73. The van der Waals surface area contributed by atoms with Crippen LogP contribution in [-0.2, 0) is 0 Å². The third-order valence-corrected chi connectivity index (χ3v) is 3.65. The van der Waals surface area contributed by atoms with E-state index in [0.29, 0.717) is 13.2 Å². The Bertz CT molecular complexity index is 733. The van der Waals surface area contributed by atoms with Crippen molar-refractivity contribution in [3.05, 3.63) is 58.6 Å². The summed E-state index contributed by atoms with van der Waals surface area (Å²) in [5, 5.41) is 4.41. The number of carbonyl (C=O) groups is 1. The summed E-state index contributed by atoms with van der Waals surface area (Å²) < 4.78 is 11.3. The van der Waals surface area contributed by atoms with Crippen LogP contribution in [0.1, 0.15) is 17.5 Å². The minimum absolute atomic E-state index is 0.545. The van der Waals surface area contributed by atoms with Crippen molar-refractivity contribution < 1.29 is 14.3 Å². The van der Waals surface area contributed by atoms with Crippen molar-refractivity contribution in [1.82, 2.24) is 5.43 Å². The lowest BCUT2D eigenvalue weighted by Crippen LogP contribution is -2.24. The quantitative estimate of drug-likeness (QED) is 0.428. The molecular formula is C18H20ClN3O3. The van der Waals surface area contributed by atoms with Crippen LogP contribution in [0.15, 0.2) is 47.6 Å². The molecule has 2 amide bonds. The number of ether oxygens (including phenoxy) is 2. The summed E-state index contributed by atoms with van der Waals surface area (Å²) in [5.74, 6) is 1.55. The van der Waals surface area contributed by atoms with Crippen molar-refractivity contribution >= 4 is 23.8 Å². The second-order valence-corrected chi connectivity index (χ2v) is 5.67. The Morgan fingerprint density at radius 1 is 1.16 bits per heavy atom. The third kappa shape index (κ3) is 6.73. The molecule has 0 atom stereocenters. The first kappa shape index (κ1) is 18.6. The van der Waals surface area contributed by atoms with Gasteiger partial charge in [0.2, 0.25) is 0 Å². The number of urea groups is 1. The lowest BCUT2D eigenvalue weighted by molar-refractivity contribution is 0.247. The van der Waals surface area contributed by atoms with Gasteiger partial charge >= 0.3 is 6.03 Å². The van der Waals surface area contributed by atoms with Gasteiger partial charge < -0.3 is 15.2 Å². The molecule has 0 aliphatic carbocycles. The molecule has 0 heterocycles. The average Bonchev–Trinajstić information content (AvgIpc) is 2.59. The number of primary amides is 1. The fraction of sp³-hybridized carbons (Fsp3) is 0.222. The number of nitrogens with one attached hydrogen (secondary N) is 1. The molecule has 0 aromatic heterocycles. The summed E-state index contributed by atoms with van der Waals surface area (Å²) in [6.07, 6.45) is 2.25. The molecule has 0 spiro atoms. The molecule has 132 valence electrons. The van der Waals surface area contributed by atoms with Gasteiger partial charge in [0.05, 0.1) is 19.4 Å². The van der Waals surface area contributed by atoms with E-state index in [-0.39, 0.29) is 0 Å². The van der Waals surface area contributed by atoms with Crippen LogP contribution in [0.4, 0.5) is 4.79 Å². The fourth-order valence-corrected chi connectivity index (χ4v) is 2.08. The van der Waals surface area contributed by atoms with Gasteiger partial charge in [-0.1, -0.05) is 11.6 Å². The molecular weight excluding hydrogens is 342 g/mol. The van der Waals surface area contributed by atoms with Gasteiger partial charge in [-0.2, -0.15) is 5.10 Å². The number of benzene rings is 2. The van der Waals surface area contributed by atoms with Crippen LogP contribution in [0.5, 0.6) is 11.5 Å². The van der Waals surface area contributed by atoms with Crippen LogP contribution in [0.25, 0.3) is 0 Å². The molecule has 25 heavy (non-hydrogen) atoms. The van der Waals surface area contributed by atoms with Crippen LogP contribution in [-0.4, -0.2) is 25.5 Å². The SMILES string of the molecule is Cc1cc(OCCCOc2ccc(/C=N/NC(N)=O)cc2)ccc1Cl. The molecule has 3 N–H and O–H groups in total. The first-order valence-electron chi connectivity index (χ1n) is 7.75. The molecule has 2 aromatic carbocycles. The van der Waals surface area contributed by atoms with E-state index in [1.807, 2.05) is 49.4 Å². The highest BCUT2D eigenvalue weighted by atomic mass is 35.5. The zero-order chi connectivity index (χ0) is 18.1. The highest BCUT2D eigenvalue weighted by molar-refractivity contribution is 6.31. The molecule has 2 rings (SSSR count). The van der Waals surface area contributed by atoms with Gasteiger partial charge in [0.1, 0.15) is 11.5 Å². The highest BCUT2D eigenvalue weighted by Crippen LogP contribution is 2.21. The average molecular weight is 362 g/mol. The Balaban J connectivity index is 1.68. The molecule has 0 aliphatic rings. The summed E-state index contributed by atoms with van der Waals surface area (Å²) >= 11 is 5.98. The summed E-state index contributed by atoms with van der Waals surface area (Å²) in [6.45, 7) is 3.05. The summed E-state index contributed by atoms with van der Waals surface area (Å²) in [4.78, 5) is 10.5. The molecule has 0 fully saturated rings. The van der Waals surface area contributed by atoms with E-state index in [1.54, 1.807) is 0 Å². The largest absolute Gasteiger partial charge is 0.493 e. The van der Waals surface area contributed by atoms with E-state index < -0.39 is 6.03 Å². The van der Waals surface area contributed by atoms with Gasteiger partial charge in [0.25, 0.3) is 0 Å². The monoisotopic (exact) mass is 361 g/mol. The molecule has 0 saturated carbocycles. The van der Waals surface area contributed by atoms with Crippen molar-refractivity contribution in [2.24, 2.45) is 10.8 Å². The number of rotatable bonds is 8. The smallest absolute Gasteiger partial charge is 0.332 e. The van der Waals surface area contributed by atoms with Crippen LogP contribution >= 0.6 is 11.6 Å². The minimum atomic E-state index is -0.702. The van der Waals surface area contributed by atoms with E-state index in [2.05, 4.69) is 10.5 Å². The Morgan fingerprint density at radius 3 is 2.44 bits per heavy atom. The number of nitrogens with zero attached hydrogens (tertiary/aromatic N) is 1. The first-order chi connectivity index (χ1) is 12.0. The van der Waals surface area contributed by atoms with Gasteiger partial charge in [-0.25, -0.2) is 10.2 Å². The maximum absolute atomic E-state index is 10.5. The van der Waals surface area contributed by atoms with Crippen molar-refractivity contribution in [2.45, 2.75) is 13.3 Å². The van der Waals surface area contributed by atoms with Crippen molar-refractivity contribution in [1.29, 1.82) is 0 Å². The fourth-order valence-electron chi connectivity index (χ4n) is 1.97. The van der Waals surface area contributed by atoms with E-state index in [4.69, 9.17) is 26.8 Å². The van der Waals surface area contributed by atoms with Gasteiger partial charge in [-0.15, -0.1) is 0 Å². The molecule has 7 heteroatoms. The summed E-state index contributed by atoms with van der Waals surface area (Å²) in [6, 6.07) is 12.2. The summed E-state index contributed by atoms with van der Waals surface area (Å²) in [7, 11) is 0. The molecule has 0 unspecified atom stereocenters. The van der Waals surface area contributed by atoms with Crippen molar-refractivity contribution in [3.8, 4) is 11.5 Å². The number of hydrogen-bond donors (Lipinski definition) is 2. The number of hydrazone groups is 1. The van der Waals surface area contributed by atoms with Crippen LogP contribution in [0.2, 0.25) is 5.02 Å². The predicted molar refractivity (Wildman–Crippen MR) is 98.6 cm³/mol. The Kier molecular flexibility index (Phi) is 7.10. The highest BCUT2D eigenvalue weighted by Gasteiger charge is 1.99. The Morgan fingerprint density at radius 2 is 1.80 bits per heavy atom. The number of nitrogens with two attached hydrogens (primary N) is 1. The lowest BCUT2D eigenvalue weighted by Gasteiger charge is -2.09. The second-order valence-electron chi connectivity index (χ2n) is 5.26. The third-order valence-electron chi connectivity index (χ3n) is 3.22. The number of amides is 2. The first-order valence-corrected chi connectivity index (χ1v) is 8.13. The topological polar surface area (TPSA) is 85.9 Å². The van der Waals surface area contributed by atoms with Gasteiger partial charge in [0.15, 0.2) is 0 Å². The van der Waals surface area contributed by atoms with Crippen LogP contribution < -0.4 is 20.6 Å². The molecule has 2 aromatic rings. The second kappa shape index (κ2) is 9.54. The Labute approximate surface area is 151 Å². The standard InChI is InChI=1S/C18H20ClN3O3/c1-13-11-16(7-8-17(13)19)25-10-2-9-24-15-5-3-14(4-6-15)12-21-22-18(20)23/h3-8,11-12H,2,9-10H2,1H3,(H3,20,22,23)/b21-12+.